The molecule has 2 aromatic rings. The Kier molecular flexibility index (Phi) is 2.81. The first kappa shape index (κ1) is 10.5. The molecular formula is C12H13N3O. The van der Waals surface area contributed by atoms with Crippen LogP contribution in [0.15, 0.2) is 41.8 Å². The third-order valence-corrected chi connectivity index (χ3v) is 2.42. The van der Waals surface area contributed by atoms with Crippen LogP contribution in [0.4, 0.5) is 0 Å². The van der Waals surface area contributed by atoms with Crippen LogP contribution < -0.4 is 5.56 Å². The van der Waals surface area contributed by atoms with Crippen LogP contribution in [0.3, 0.4) is 0 Å². The molecule has 0 saturated carbocycles. The number of hydrogen-bond donors (Lipinski definition) is 0. The molecule has 0 aromatic carbocycles. The highest BCUT2D eigenvalue weighted by Gasteiger charge is 2.07. The Morgan fingerprint density at radius 2 is 1.94 bits per heavy atom. The minimum atomic E-state index is -0.00713. The zero-order valence-corrected chi connectivity index (χ0v) is 9.29. The van der Waals surface area contributed by atoms with Crippen molar-refractivity contribution < 1.29 is 0 Å². The van der Waals surface area contributed by atoms with E-state index in [1.54, 1.807) is 23.2 Å². The molecule has 82 valence electrons. The highest BCUT2D eigenvalue weighted by Crippen LogP contribution is 2.09. The fraction of sp³-hybridized carbons (Fsp3) is 0.250. The molecule has 4 nitrogen and oxygen atoms in total. The number of hydrogen-bond acceptors (Lipinski definition) is 3. The fourth-order valence-corrected chi connectivity index (χ4v) is 1.57. The van der Waals surface area contributed by atoms with E-state index in [0.717, 1.165) is 5.56 Å². The van der Waals surface area contributed by atoms with E-state index >= 15 is 0 Å². The van der Waals surface area contributed by atoms with Crippen molar-refractivity contribution in [2.75, 3.05) is 0 Å². The van der Waals surface area contributed by atoms with Gasteiger partial charge in [-0.05, 0) is 12.0 Å². The van der Waals surface area contributed by atoms with Crippen LogP contribution in [0, 0.1) is 0 Å². The van der Waals surface area contributed by atoms with Crippen molar-refractivity contribution in [1.29, 1.82) is 0 Å². The normalized spacial score (nSPS) is 10.7. The van der Waals surface area contributed by atoms with Gasteiger partial charge < -0.3 is 0 Å². The van der Waals surface area contributed by atoms with Gasteiger partial charge in [0.1, 0.15) is 6.33 Å². The monoisotopic (exact) mass is 215 g/mol. The summed E-state index contributed by atoms with van der Waals surface area (Å²) >= 11 is 0. The van der Waals surface area contributed by atoms with Gasteiger partial charge in [-0.15, -0.1) is 0 Å². The Balaban J connectivity index is 2.60. The molecule has 0 aliphatic rings. The SMILES string of the molecule is CC(C)c1cccn(-c2cncnc2)c1=O. The van der Waals surface area contributed by atoms with Crippen molar-refractivity contribution in [3.63, 3.8) is 0 Å². The Morgan fingerprint density at radius 3 is 2.56 bits per heavy atom. The van der Waals surface area contributed by atoms with E-state index in [1.165, 1.54) is 6.33 Å². The Morgan fingerprint density at radius 1 is 1.25 bits per heavy atom. The average molecular weight is 215 g/mol. The summed E-state index contributed by atoms with van der Waals surface area (Å²) in [6.07, 6.45) is 6.42. The standard InChI is InChI=1S/C12H13N3O/c1-9(2)11-4-3-5-15(12(11)16)10-6-13-8-14-7-10/h3-9H,1-2H3. The predicted octanol–water partition coefficient (Wildman–Crippen LogP) is 1.75. The molecule has 2 rings (SSSR count). The van der Waals surface area contributed by atoms with Crippen LogP contribution in [0.25, 0.3) is 5.69 Å². The zero-order chi connectivity index (χ0) is 11.5. The number of pyridine rings is 1. The summed E-state index contributed by atoms with van der Waals surface area (Å²) < 4.78 is 1.56. The van der Waals surface area contributed by atoms with Crippen molar-refractivity contribution in [1.82, 2.24) is 14.5 Å². The first-order chi connectivity index (χ1) is 7.70. The maximum Gasteiger partial charge on any atom is 0.258 e. The van der Waals surface area contributed by atoms with Gasteiger partial charge >= 0.3 is 0 Å². The molecule has 4 heteroatoms. The summed E-state index contributed by atoms with van der Waals surface area (Å²) in [5.41, 5.74) is 1.48. The van der Waals surface area contributed by atoms with Crippen molar-refractivity contribution in [2.24, 2.45) is 0 Å². The van der Waals surface area contributed by atoms with Gasteiger partial charge in [-0.3, -0.25) is 9.36 Å². The smallest absolute Gasteiger partial charge is 0.258 e. The van der Waals surface area contributed by atoms with Crippen molar-refractivity contribution >= 4 is 0 Å². The van der Waals surface area contributed by atoms with Crippen molar-refractivity contribution in [3.8, 4) is 5.69 Å². The summed E-state index contributed by atoms with van der Waals surface area (Å²) in [5.74, 6) is 0.213. The van der Waals surface area contributed by atoms with E-state index < -0.39 is 0 Å². The van der Waals surface area contributed by atoms with Crippen LogP contribution >= 0.6 is 0 Å². The van der Waals surface area contributed by atoms with Crippen LogP contribution in [0.1, 0.15) is 25.3 Å². The quantitative estimate of drug-likeness (QED) is 0.766. The van der Waals surface area contributed by atoms with Crippen molar-refractivity contribution in [2.45, 2.75) is 19.8 Å². The van der Waals surface area contributed by atoms with E-state index in [1.807, 2.05) is 26.0 Å². The largest absolute Gasteiger partial charge is 0.281 e. The van der Waals surface area contributed by atoms with E-state index in [2.05, 4.69) is 9.97 Å². The molecular weight excluding hydrogens is 202 g/mol. The number of nitrogens with zero attached hydrogens (tertiary/aromatic N) is 3. The molecule has 0 spiro atoms. The molecule has 0 aliphatic heterocycles. The van der Waals surface area contributed by atoms with E-state index in [4.69, 9.17) is 0 Å². The summed E-state index contributed by atoms with van der Waals surface area (Å²) in [6, 6.07) is 3.72. The van der Waals surface area contributed by atoms with Crippen LogP contribution in [-0.4, -0.2) is 14.5 Å². The van der Waals surface area contributed by atoms with Gasteiger partial charge in [0.15, 0.2) is 0 Å². The lowest BCUT2D eigenvalue weighted by molar-refractivity contribution is 0.817. The topological polar surface area (TPSA) is 47.8 Å². The molecule has 0 radical (unpaired) electrons. The summed E-state index contributed by atoms with van der Waals surface area (Å²) in [7, 11) is 0. The van der Waals surface area contributed by atoms with Crippen molar-refractivity contribution in [3.05, 3.63) is 53.0 Å². The first-order valence-corrected chi connectivity index (χ1v) is 5.17. The molecule has 0 saturated heterocycles. The van der Waals surface area contributed by atoms with Crippen LogP contribution in [0.2, 0.25) is 0 Å². The lowest BCUT2D eigenvalue weighted by atomic mass is 10.1. The number of aromatic nitrogens is 3. The van der Waals surface area contributed by atoms with Gasteiger partial charge in [-0.1, -0.05) is 19.9 Å². The Hall–Kier alpha value is -1.97. The Bertz CT molecular complexity index is 531. The van der Waals surface area contributed by atoms with Gasteiger partial charge in [0.2, 0.25) is 0 Å². The molecule has 0 amide bonds. The summed E-state index contributed by atoms with van der Waals surface area (Å²) in [4.78, 5) is 19.9. The molecule has 0 fully saturated rings. The highest BCUT2D eigenvalue weighted by molar-refractivity contribution is 5.28. The molecule has 0 unspecified atom stereocenters. The maximum atomic E-state index is 12.1. The molecule has 0 N–H and O–H groups in total. The summed E-state index contributed by atoms with van der Waals surface area (Å²) in [6.45, 7) is 4.01. The van der Waals surface area contributed by atoms with Crippen LogP contribution in [0.5, 0.6) is 0 Å². The lowest BCUT2D eigenvalue weighted by Crippen LogP contribution is -2.22. The molecule has 16 heavy (non-hydrogen) atoms. The van der Waals surface area contributed by atoms with Gasteiger partial charge in [-0.2, -0.15) is 0 Å². The third kappa shape index (κ3) is 1.86. The summed E-state index contributed by atoms with van der Waals surface area (Å²) in [5, 5.41) is 0. The van der Waals surface area contributed by atoms with E-state index in [0.29, 0.717) is 5.69 Å². The first-order valence-electron chi connectivity index (χ1n) is 5.17. The van der Waals surface area contributed by atoms with Gasteiger partial charge in [-0.25, -0.2) is 9.97 Å². The molecule has 2 heterocycles. The third-order valence-electron chi connectivity index (χ3n) is 2.42. The minimum Gasteiger partial charge on any atom is -0.281 e. The maximum absolute atomic E-state index is 12.1. The van der Waals surface area contributed by atoms with Gasteiger partial charge in [0, 0.05) is 11.8 Å². The second kappa shape index (κ2) is 4.26. The second-order valence-corrected chi connectivity index (χ2v) is 3.89. The lowest BCUT2D eigenvalue weighted by Gasteiger charge is -2.08. The molecule has 0 bridgehead atoms. The second-order valence-electron chi connectivity index (χ2n) is 3.89. The number of rotatable bonds is 2. The molecule has 0 atom stereocenters. The predicted molar refractivity (Wildman–Crippen MR) is 61.7 cm³/mol. The van der Waals surface area contributed by atoms with E-state index in [-0.39, 0.29) is 11.5 Å². The van der Waals surface area contributed by atoms with Crippen LogP contribution in [-0.2, 0) is 0 Å². The Labute approximate surface area is 93.6 Å². The molecule has 0 aliphatic carbocycles. The zero-order valence-electron chi connectivity index (χ0n) is 9.29. The minimum absolute atomic E-state index is 0.00713. The van der Waals surface area contributed by atoms with E-state index in [9.17, 15) is 4.79 Å². The molecule has 2 aromatic heterocycles. The average Bonchev–Trinajstić information content (AvgIpc) is 2.30. The van der Waals surface area contributed by atoms with Gasteiger partial charge in [0.25, 0.3) is 5.56 Å². The van der Waals surface area contributed by atoms with Gasteiger partial charge in [0.05, 0.1) is 18.1 Å². The fourth-order valence-electron chi connectivity index (χ4n) is 1.57. The highest BCUT2D eigenvalue weighted by atomic mass is 16.1.